The lowest BCUT2D eigenvalue weighted by Gasteiger charge is -2.33. The number of hydrogen-bond acceptors (Lipinski definition) is 3. The molecular formula is C13H24F3NO2. The quantitative estimate of drug-likeness (QED) is 0.841. The van der Waals surface area contributed by atoms with Gasteiger partial charge in [-0.2, -0.15) is 13.2 Å². The maximum atomic E-state index is 12.7. The lowest BCUT2D eigenvalue weighted by molar-refractivity contribution is -0.257. The van der Waals surface area contributed by atoms with Crippen LogP contribution >= 0.6 is 0 Å². The Kier molecular flexibility index (Phi) is 6.08. The number of aliphatic hydroxyl groups is 1. The fourth-order valence-corrected chi connectivity index (χ4v) is 2.50. The van der Waals surface area contributed by atoms with E-state index in [9.17, 15) is 18.3 Å². The molecule has 0 aromatic rings. The Morgan fingerprint density at radius 1 is 1.32 bits per heavy atom. The summed E-state index contributed by atoms with van der Waals surface area (Å²) in [6.45, 7) is 2.36. The summed E-state index contributed by atoms with van der Waals surface area (Å²) in [5.41, 5.74) is -2.64. The molecule has 0 saturated carbocycles. The SMILES string of the molecule is COCC[C@H]1CCCCN(C[C@](C)(O)C(F)(F)F)C1. The smallest absolute Gasteiger partial charge is 0.385 e. The van der Waals surface area contributed by atoms with Crippen LogP contribution in [0, 0.1) is 5.92 Å². The summed E-state index contributed by atoms with van der Waals surface area (Å²) in [5, 5.41) is 9.57. The van der Waals surface area contributed by atoms with Crippen molar-refractivity contribution in [2.75, 3.05) is 33.4 Å². The fraction of sp³-hybridized carbons (Fsp3) is 1.00. The average molecular weight is 283 g/mol. The van der Waals surface area contributed by atoms with Gasteiger partial charge in [-0.25, -0.2) is 0 Å². The first kappa shape index (κ1) is 16.7. The van der Waals surface area contributed by atoms with Gasteiger partial charge in [-0.1, -0.05) is 6.42 Å². The van der Waals surface area contributed by atoms with Crippen LogP contribution in [0.3, 0.4) is 0 Å². The van der Waals surface area contributed by atoms with Gasteiger partial charge in [-0.3, -0.25) is 4.90 Å². The van der Waals surface area contributed by atoms with Crippen molar-refractivity contribution in [3.8, 4) is 0 Å². The highest BCUT2D eigenvalue weighted by Gasteiger charge is 2.50. The molecule has 1 aliphatic rings. The van der Waals surface area contributed by atoms with Gasteiger partial charge in [-0.05, 0) is 38.6 Å². The molecule has 0 aromatic carbocycles. The van der Waals surface area contributed by atoms with Crippen LogP contribution in [0.4, 0.5) is 13.2 Å². The van der Waals surface area contributed by atoms with E-state index in [1.165, 1.54) is 0 Å². The third-order valence-corrected chi connectivity index (χ3v) is 3.73. The molecular weight excluding hydrogens is 259 g/mol. The summed E-state index contributed by atoms with van der Waals surface area (Å²) in [4.78, 5) is 1.74. The van der Waals surface area contributed by atoms with Crippen LogP contribution in [0.5, 0.6) is 0 Å². The number of alkyl halides is 3. The van der Waals surface area contributed by atoms with Crippen molar-refractivity contribution >= 4 is 0 Å². The normalized spacial score (nSPS) is 25.9. The molecule has 0 aliphatic carbocycles. The number of hydrogen-bond donors (Lipinski definition) is 1. The average Bonchev–Trinajstić information content (AvgIpc) is 2.49. The molecule has 1 N–H and O–H groups in total. The van der Waals surface area contributed by atoms with Gasteiger partial charge in [0, 0.05) is 26.8 Å². The largest absolute Gasteiger partial charge is 0.418 e. The monoisotopic (exact) mass is 283 g/mol. The molecule has 0 radical (unpaired) electrons. The molecule has 1 heterocycles. The zero-order valence-corrected chi connectivity index (χ0v) is 11.7. The Hall–Kier alpha value is -0.330. The molecule has 0 bridgehead atoms. The molecule has 1 fully saturated rings. The van der Waals surface area contributed by atoms with Crippen LogP contribution in [-0.4, -0.2) is 55.1 Å². The second kappa shape index (κ2) is 6.90. The summed E-state index contributed by atoms with van der Waals surface area (Å²) < 4.78 is 43.1. The molecule has 2 atom stereocenters. The van der Waals surface area contributed by atoms with Gasteiger partial charge in [0.05, 0.1) is 0 Å². The van der Waals surface area contributed by atoms with Crippen molar-refractivity contribution in [3.63, 3.8) is 0 Å². The van der Waals surface area contributed by atoms with E-state index in [0.29, 0.717) is 25.6 Å². The lowest BCUT2D eigenvalue weighted by atomic mass is 9.99. The minimum atomic E-state index is -4.58. The Morgan fingerprint density at radius 3 is 2.58 bits per heavy atom. The number of β-amino-alcohol motifs (C(OH)–C–C–N with tert-alkyl or cyclic N) is 1. The molecule has 0 amide bonds. The summed E-state index contributed by atoms with van der Waals surface area (Å²) in [5.74, 6) is 0.353. The highest BCUT2D eigenvalue weighted by atomic mass is 19.4. The molecule has 114 valence electrons. The Morgan fingerprint density at radius 2 is 2.00 bits per heavy atom. The Balaban J connectivity index is 2.56. The highest BCUT2D eigenvalue weighted by Crippen LogP contribution is 2.31. The standard InChI is InChI=1S/C13H24F3NO2/c1-12(18,13(14,15)16)10-17-7-4-3-5-11(9-17)6-8-19-2/h11,18H,3-10H2,1-2H3/t11-,12+/m1/s1. The molecule has 1 aliphatic heterocycles. The summed E-state index contributed by atoms with van der Waals surface area (Å²) in [6, 6.07) is 0. The first-order chi connectivity index (χ1) is 8.76. The summed E-state index contributed by atoms with van der Waals surface area (Å²) in [6.07, 6.45) is -0.785. The van der Waals surface area contributed by atoms with Gasteiger partial charge in [0.25, 0.3) is 0 Å². The van der Waals surface area contributed by atoms with Gasteiger partial charge in [0.15, 0.2) is 5.60 Å². The van der Waals surface area contributed by atoms with E-state index < -0.39 is 11.8 Å². The van der Waals surface area contributed by atoms with E-state index in [-0.39, 0.29) is 6.54 Å². The van der Waals surface area contributed by atoms with Gasteiger partial charge < -0.3 is 9.84 Å². The van der Waals surface area contributed by atoms with Gasteiger partial charge in [0.2, 0.25) is 0 Å². The Bertz CT molecular complexity index is 269. The minimum Gasteiger partial charge on any atom is -0.385 e. The van der Waals surface area contributed by atoms with Crippen LogP contribution in [0.15, 0.2) is 0 Å². The van der Waals surface area contributed by atoms with Crippen molar-refractivity contribution in [2.24, 2.45) is 5.92 Å². The third-order valence-electron chi connectivity index (χ3n) is 3.73. The first-order valence-corrected chi connectivity index (χ1v) is 6.76. The number of halogens is 3. The molecule has 6 heteroatoms. The highest BCUT2D eigenvalue weighted by molar-refractivity contribution is 4.86. The third kappa shape index (κ3) is 5.28. The van der Waals surface area contributed by atoms with E-state index in [0.717, 1.165) is 32.6 Å². The van der Waals surface area contributed by atoms with Gasteiger partial charge >= 0.3 is 6.18 Å². The second-order valence-corrected chi connectivity index (χ2v) is 5.65. The van der Waals surface area contributed by atoms with Crippen LogP contribution in [-0.2, 0) is 4.74 Å². The summed E-state index contributed by atoms with van der Waals surface area (Å²) in [7, 11) is 1.63. The van der Waals surface area contributed by atoms with Crippen LogP contribution < -0.4 is 0 Å². The maximum Gasteiger partial charge on any atom is 0.418 e. The zero-order valence-electron chi connectivity index (χ0n) is 11.7. The molecule has 19 heavy (non-hydrogen) atoms. The number of rotatable bonds is 5. The number of nitrogens with zero attached hydrogens (tertiary/aromatic N) is 1. The molecule has 3 nitrogen and oxygen atoms in total. The zero-order chi connectivity index (χ0) is 14.5. The van der Waals surface area contributed by atoms with Crippen molar-refractivity contribution in [1.29, 1.82) is 0 Å². The van der Waals surface area contributed by atoms with E-state index in [1.54, 1.807) is 12.0 Å². The molecule has 1 saturated heterocycles. The van der Waals surface area contributed by atoms with E-state index in [1.807, 2.05) is 0 Å². The maximum absolute atomic E-state index is 12.7. The van der Waals surface area contributed by atoms with Crippen LogP contribution in [0.1, 0.15) is 32.6 Å². The Labute approximate surface area is 112 Å². The molecule has 0 aromatic heterocycles. The second-order valence-electron chi connectivity index (χ2n) is 5.65. The van der Waals surface area contributed by atoms with Gasteiger partial charge in [-0.15, -0.1) is 0 Å². The predicted molar refractivity (Wildman–Crippen MR) is 67.0 cm³/mol. The van der Waals surface area contributed by atoms with Crippen molar-refractivity contribution in [3.05, 3.63) is 0 Å². The van der Waals surface area contributed by atoms with Crippen molar-refractivity contribution in [2.45, 2.75) is 44.4 Å². The topological polar surface area (TPSA) is 32.7 Å². The van der Waals surface area contributed by atoms with E-state index in [2.05, 4.69) is 0 Å². The molecule has 1 rings (SSSR count). The molecule has 0 unspecified atom stereocenters. The van der Waals surface area contributed by atoms with Crippen LogP contribution in [0.2, 0.25) is 0 Å². The number of likely N-dealkylation sites (tertiary alicyclic amines) is 1. The number of ether oxygens (including phenoxy) is 1. The minimum absolute atomic E-state index is 0.347. The fourth-order valence-electron chi connectivity index (χ4n) is 2.50. The van der Waals surface area contributed by atoms with E-state index in [4.69, 9.17) is 4.74 Å². The lowest BCUT2D eigenvalue weighted by Crippen LogP contribution is -2.52. The van der Waals surface area contributed by atoms with Crippen molar-refractivity contribution in [1.82, 2.24) is 4.90 Å². The first-order valence-electron chi connectivity index (χ1n) is 6.76. The van der Waals surface area contributed by atoms with E-state index >= 15 is 0 Å². The van der Waals surface area contributed by atoms with Crippen LogP contribution in [0.25, 0.3) is 0 Å². The van der Waals surface area contributed by atoms with Crippen molar-refractivity contribution < 1.29 is 23.0 Å². The molecule has 0 spiro atoms. The summed E-state index contributed by atoms with van der Waals surface area (Å²) >= 11 is 0. The predicted octanol–water partition coefficient (Wildman–Crippen LogP) is 2.44. The van der Waals surface area contributed by atoms with Gasteiger partial charge in [0.1, 0.15) is 0 Å². The number of methoxy groups -OCH3 is 1.